The fourth-order valence-corrected chi connectivity index (χ4v) is 3.02. The number of hydrogen-bond acceptors (Lipinski definition) is 5. The number of hydrogen-bond donors (Lipinski definition) is 2. The van der Waals surface area contributed by atoms with E-state index in [0.717, 1.165) is 11.3 Å². The number of nitrogens with zero attached hydrogens (tertiary/aromatic N) is 3. The molecule has 0 aliphatic rings. The van der Waals surface area contributed by atoms with Crippen LogP contribution >= 0.6 is 0 Å². The number of aryl methyl sites for hydroxylation is 2. The summed E-state index contributed by atoms with van der Waals surface area (Å²) >= 11 is 0. The van der Waals surface area contributed by atoms with Gasteiger partial charge in [-0.25, -0.2) is 9.78 Å². The predicted molar refractivity (Wildman–Crippen MR) is 109 cm³/mol. The number of carbonyl (C=O) groups excluding carboxylic acids is 1. The number of fused-ring (bicyclic) bond motifs is 1. The van der Waals surface area contributed by atoms with E-state index in [0.29, 0.717) is 25.3 Å². The van der Waals surface area contributed by atoms with E-state index in [1.54, 1.807) is 18.1 Å². The molecule has 9 heteroatoms. The quantitative estimate of drug-likeness (QED) is 0.553. The van der Waals surface area contributed by atoms with Crippen molar-refractivity contribution in [3.05, 3.63) is 69.1 Å². The third-order valence-corrected chi connectivity index (χ3v) is 4.61. The van der Waals surface area contributed by atoms with Gasteiger partial charge in [-0.3, -0.25) is 19.1 Å². The second kappa shape index (κ2) is 8.59. The van der Waals surface area contributed by atoms with E-state index in [9.17, 15) is 14.4 Å². The summed E-state index contributed by atoms with van der Waals surface area (Å²) in [6, 6.07) is 7.52. The van der Waals surface area contributed by atoms with Gasteiger partial charge >= 0.3 is 5.69 Å². The molecule has 0 aliphatic carbocycles. The highest BCUT2D eigenvalue weighted by molar-refractivity contribution is 5.77. The van der Waals surface area contributed by atoms with Crippen molar-refractivity contribution in [3.8, 4) is 5.75 Å². The van der Waals surface area contributed by atoms with Crippen molar-refractivity contribution in [1.29, 1.82) is 0 Å². The van der Waals surface area contributed by atoms with Gasteiger partial charge in [0.15, 0.2) is 5.65 Å². The minimum Gasteiger partial charge on any atom is -0.497 e. The standard InChI is InChI=1S/C20H23N5O4/c1-4-11-25(12-13-5-7-14(29-3)8-6-13)16(26)10-9-15-21-17-18(22-15)24(2)20(28)23-19(17)27/h4-8H,1,9-12H2,2-3H3,(H,21,22)(H,23,27,28). The highest BCUT2D eigenvalue weighted by atomic mass is 16.5. The lowest BCUT2D eigenvalue weighted by Crippen LogP contribution is -2.30. The molecule has 2 aromatic heterocycles. The highest BCUT2D eigenvalue weighted by Crippen LogP contribution is 2.14. The number of aromatic nitrogens is 4. The number of amides is 1. The average Bonchev–Trinajstić information content (AvgIpc) is 3.16. The number of carbonyl (C=O) groups is 1. The molecule has 1 aromatic carbocycles. The van der Waals surface area contributed by atoms with Crippen LogP contribution in [0.3, 0.4) is 0 Å². The van der Waals surface area contributed by atoms with Crippen molar-refractivity contribution in [2.75, 3.05) is 13.7 Å². The molecule has 2 heterocycles. The maximum atomic E-state index is 12.7. The Bertz CT molecular complexity index is 1140. The molecule has 1 amide bonds. The van der Waals surface area contributed by atoms with Gasteiger partial charge in [-0.1, -0.05) is 18.2 Å². The van der Waals surface area contributed by atoms with Crippen molar-refractivity contribution in [3.63, 3.8) is 0 Å². The van der Waals surface area contributed by atoms with Gasteiger partial charge in [0.25, 0.3) is 5.56 Å². The summed E-state index contributed by atoms with van der Waals surface area (Å²) in [5, 5.41) is 0. The van der Waals surface area contributed by atoms with Gasteiger partial charge < -0.3 is 14.6 Å². The molecule has 0 fully saturated rings. The lowest BCUT2D eigenvalue weighted by molar-refractivity contribution is -0.131. The Hall–Kier alpha value is -3.62. The summed E-state index contributed by atoms with van der Waals surface area (Å²) in [7, 11) is 3.13. The molecule has 0 atom stereocenters. The molecule has 2 N–H and O–H groups in total. The summed E-state index contributed by atoms with van der Waals surface area (Å²) in [6.07, 6.45) is 2.20. The number of aromatic amines is 2. The van der Waals surface area contributed by atoms with Crippen molar-refractivity contribution in [1.82, 2.24) is 24.4 Å². The van der Waals surface area contributed by atoms with Crippen LogP contribution in [0.2, 0.25) is 0 Å². The van der Waals surface area contributed by atoms with E-state index >= 15 is 0 Å². The maximum Gasteiger partial charge on any atom is 0.329 e. The van der Waals surface area contributed by atoms with Crippen LogP contribution in [0.4, 0.5) is 0 Å². The van der Waals surface area contributed by atoms with Crippen LogP contribution in [0.15, 0.2) is 46.5 Å². The molecule has 0 spiro atoms. The van der Waals surface area contributed by atoms with Gasteiger partial charge in [0, 0.05) is 33.0 Å². The first-order chi connectivity index (χ1) is 13.9. The number of nitrogens with one attached hydrogen (secondary N) is 2. The lowest BCUT2D eigenvalue weighted by Gasteiger charge is -2.21. The van der Waals surface area contributed by atoms with E-state index in [4.69, 9.17) is 4.74 Å². The Kier molecular flexibility index (Phi) is 5.96. The summed E-state index contributed by atoms with van der Waals surface area (Å²) in [5.41, 5.74) is 0.402. The van der Waals surface area contributed by atoms with Crippen molar-refractivity contribution >= 4 is 17.1 Å². The number of imidazole rings is 1. The van der Waals surface area contributed by atoms with Gasteiger partial charge in [0.2, 0.25) is 5.91 Å². The van der Waals surface area contributed by atoms with Gasteiger partial charge in [-0.05, 0) is 17.7 Å². The van der Waals surface area contributed by atoms with Crippen molar-refractivity contribution < 1.29 is 9.53 Å². The molecule has 3 rings (SSSR count). The van der Waals surface area contributed by atoms with Gasteiger partial charge in [-0.2, -0.15) is 0 Å². The Balaban J connectivity index is 1.71. The first-order valence-corrected chi connectivity index (χ1v) is 9.12. The van der Waals surface area contributed by atoms with Crippen LogP contribution in [-0.2, 0) is 24.8 Å². The SMILES string of the molecule is C=CCN(Cc1ccc(OC)cc1)C(=O)CCc1nc2c([nH]1)c(=O)[nH]c(=O)n2C. The Morgan fingerprint density at radius 3 is 2.66 bits per heavy atom. The maximum absolute atomic E-state index is 12.7. The second-order valence-corrected chi connectivity index (χ2v) is 6.61. The van der Waals surface area contributed by atoms with E-state index in [2.05, 4.69) is 21.5 Å². The first-order valence-electron chi connectivity index (χ1n) is 9.12. The minimum absolute atomic E-state index is 0.0658. The third-order valence-electron chi connectivity index (χ3n) is 4.61. The molecule has 0 saturated carbocycles. The molecule has 152 valence electrons. The highest BCUT2D eigenvalue weighted by Gasteiger charge is 2.16. The fraction of sp³-hybridized carbons (Fsp3) is 0.300. The molecule has 0 aliphatic heterocycles. The summed E-state index contributed by atoms with van der Waals surface area (Å²) in [5.74, 6) is 1.16. The first kappa shape index (κ1) is 20.1. The largest absolute Gasteiger partial charge is 0.497 e. The summed E-state index contributed by atoms with van der Waals surface area (Å²) in [4.78, 5) is 47.4. The zero-order valence-corrected chi connectivity index (χ0v) is 16.4. The van der Waals surface area contributed by atoms with Crippen LogP contribution in [-0.4, -0.2) is 44.0 Å². The Morgan fingerprint density at radius 1 is 1.28 bits per heavy atom. The van der Waals surface area contributed by atoms with Gasteiger partial charge in [-0.15, -0.1) is 6.58 Å². The van der Waals surface area contributed by atoms with Crippen LogP contribution in [0.5, 0.6) is 5.75 Å². The van der Waals surface area contributed by atoms with Crippen LogP contribution < -0.4 is 16.0 Å². The number of methoxy groups -OCH3 is 1. The molecule has 3 aromatic rings. The topological polar surface area (TPSA) is 113 Å². The molecular formula is C20H23N5O4. The minimum atomic E-state index is -0.534. The molecule has 0 saturated heterocycles. The second-order valence-electron chi connectivity index (χ2n) is 6.61. The fourth-order valence-electron chi connectivity index (χ4n) is 3.02. The summed E-state index contributed by atoms with van der Waals surface area (Å²) in [6.45, 7) is 4.59. The molecule has 0 unspecified atom stereocenters. The van der Waals surface area contributed by atoms with E-state index in [1.807, 2.05) is 24.3 Å². The predicted octanol–water partition coefficient (Wildman–Crippen LogP) is 1.11. The Labute approximate surface area is 166 Å². The van der Waals surface area contributed by atoms with Crippen LogP contribution in [0.1, 0.15) is 17.8 Å². The monoisotopic (exact) mass is 397 g/mol. The molecular weight excluding hydrogens is 374 g/mol. The lowest BCUT2D eigenvalue weighted by atomic mass is 10.2. The van der Waals surface area contributed by atoms with Crippen molar-refractivity contribution in [2.45, 2.75) is 19.4 Å². The van der Waals surface area contributed by atoms with Crippen molar-refractivity contribution in [2.24, 2.45) is 7.05 Å². The van der Waals surface area contributed by atoms with E-state index in [-0.39, 0.29) is 23.5 Å². The number of benzene rings is 1. The van der Waals surface area contributed by atoms with Crippen LogP contribution in [0, 0.1) is 0 Å². The number of H-pyrrole nitrogens is 2. The molecule has 9 nitrogen and oxygen atoms in total. The smallest absolute Gasteiger partial charge is 0.329 e. The summed E-state index contributed by atoms with van der Waals surface area (Å²) < 4.78 is 6.41. The third kappa shape index (κ3) is 4.45. The average molecular weight is 397 g/mol. The normalized spacial score (nSPS) is 10.8. The molecule has 29 heavy (non-hydrogen) atoms. The molecule has 0 radical (unpaired) electrons. The van der Waals surface area contributed by atoms with E-state index in [1.165, 1.54) is 11.6 Å². The van der Waals surface area contributed by atoms with Gasteiger partial charge in [0.05, 0.1) is 7.11 Å². The Morgan fingerprint density at radius 2 is 2.00 bits per heavy atom. The van der Waals surface area contributed by atoms with Crippen LogP contribution in [0.25, 0.3) is 11.2 Å². The zero-order valence-electron chi connectivity index (χ0n) is 16.4. The number of rotatable bonds is 8. The van der Waals surface area contributed by atoms with E-state index < -0.39 is 11.2 Å². The number of ether oxygens (including phenoxy) is 1. The van der Waals surface area contributed by atoms with Gasteiger partial charge in [0.1, 0.15) is 17.1 Å². The zero-order chi connectivity index (χ0) is 21.0. The molecule has 0 bridgehead atoms.